The standard InChI is InChI=1S/C33H37N5O5/c1-22-20-25(11-13-26(22)32(40)37(3)43-19-18-38-16-14-36(2)15-17-38)34-30(23-8-6-5-7-9-23)29-27-12-10-24(33(41)42-4)21-28(27)35-31(29)39/h5-13,20-21,34H,14-19H2,1-4H3,(H,35,39)/b30-29-. The highest BCUT2D eigenvalue weighted by Gasteiger charge is 2.29. The third kappa shape index (κ3) is 6.77. The molecule has 1 fully saturated rings. The summed E-state index contributed by atoms with van der Waals surface area (Å²) in [5, 5.41) is 7.60. The van der Waals surface area contributed by atoms with Gasteiger partial charge in [-0.2, -0.15) is 0 Å². The van der Waals surface area contributed by atoms with Crippen LogP contribution >= 0.6 is 0 Å². The summed E-state index contributed by atoms with van der Waals surface area (Å²) < 4.78 is 4.83. The van der Waals surface area contributed by atoms with Crippen molar-refractivity contribution >= 4 is 40.4 Å². The zero-order chi connectivity index (χ0) is 30.5. The summed E-state index contributed by atoms with van der Waals surface area (Å²) in [4.78, 5) is 48.9. The van der Waals surface area contributed by atoms with E-state index in [-0.39, 0.29) is 11.8 Å². The Morgan fingerprint density at radius 1 is 0.977 bits per heavy atom. The molecule has 0 aliphatic carbocycles. The first-order chi connectivity index (χ1) is 20.7. The second-order valence-electron chi connectivity index (χ2n) is 10.8. The van der Waals surface area contributed by atoms with E-state index in [1.54, 1.807) is 31.3 Å². The first-order valence-corrected chi connectivity index (χ1v) is 14.3. The number of hydroxylamine groups is 2. The van der Waals surface area contributed by atoms with Gasteiger partial charge in [-0.15, -0.1) is 0 Å². The van der Waals surface area contributed by atoms with Crippen molar-refractivity contribution < 1.29 is 24.0 Å². The van der Waals surface area contributed by atoms with Crippen molar-refractivity contribution in [3.8, 4) is 0 Å². The van der Waals surface area contributed by atoms with Gasteiger partial charge in [-0.25, -0.2) is 9.86 Å². The Balaban J connectivity index is 1.35. The number of piperazine rings is 1. The van der Waals surface area contributed by atoms with Gasteiger partial charge < -0.3 is 20.3 Å². The highest BCUT2D eigenvalue weighted by Crippen LogP contribution is 2.38. The molecule has 2 aliphatic rings. The molecular weight excluding hydrogens is 546 g/mol. The third-order valence-electron chi connectivity index (χ3n) is 7.80. The number of aryl methyl sites for hydroxylation is 1. The van der Waals surface area contributed by atoms with Crippen LogP contribution in [0.3, 0.4) is 0 Å². The minimum atomic E-state index is -0.480. The van der Waals surface area contributed by atoms with E-state index in [2.05, 4.69) is 27.5 Å². The van der Waals surface area contributed by atoms with E-state index in [9.17, 15) is 14.4 Å². The number of nitrogens with zero attached hydrogens (tertiary/aromatic N) is 3. The molecule has 1 saturated heterocycles. The van der Waals surface area contributed by atoms with Crippen LogP contribution in [0.2, 0.25) is 0 Å². The van der Waals surface area contributed by atoms with Crippen LogP contribution in [0.4, 0.5) is 11.4 Å². The summed E-state index contributed by atoms with van der Waals surface area (Å²) in [6.45, 7) is 7.13. The molecule has 2 aliphatic heterocycles. The summed E-state index contributed by atoms with van der Waals surface area (Å²) in [7, 11) is 5.08. The number of carbonyl (C=O) groups excluding carboxylic acids is 3. The van der Waals surface area contributed by atoms with Crippen molar-refractivity contribution in [1.82, 2.24) is 14.9 Å². The van der Waals surface area contributed by atoms with Gasteiger partial charge in [0, 0.05) is 56.6 Å². The number of hydrogen-bond donors (Lipinski definition) is 2. The van der Waals surface area contributed by atoms with Crippen LogP contribution in [0, 0.1) is 6.92 Å². The molecule has 2 amide bonds. The smallest absolute Gasteiger partial charge is 0.337 e. The topological polar surface area (TPSA) is 103 Å². The molecule has 0 atom stereocenters. The zero-order valence-corrected chi connectivity index (χ0v) is 25.0. The summed E-state index contributed by atoms with van der Waals surface area (Å²) in [6.07, 6.45) is 0. The lowest BCUT2D eigenvalue weighted by atomic mass is 9.98. The van der Waals surface area contributed by atoms with Crippen molar-refractivity contribution in [2.45, 2.75) is 6.92 Å². The Hall–Kier alpha value is -4.51. The lowest BCUT2D eigenvalue weighted by molar-refractivity contribution is -0.111. The van der Waals surface area contributed by atoms with Crippen LogP contribution in [-0.2, 0) is 14.4 Å². The van der Waals surface area contributed by atoms with Crippen molar-refractivity contribution in [3.05, 3.63) is 94.5 Å². The fraction of sp³-hybridized carbons (Fsp3) is 0.303. The normalized spacial score (nSPS) is 16.3. The van der Waals surface area contributed by atoms with Gasteiger partial charge in [0.2, 0.25) is 0 Å². The van der Waals surface area contributed by atoms with Crippen LogP contribution < -0.4 is 10.6 Å². The average Bonchev–Trinajstić information content (AvgIpc) is 3.35. The summed E-state index contributed by atoms with van der Waals surface area (Å²) in [6, 6.07) is 20.0. The number of esters is 1. The number of nitrogens with one attached hydrogen (secondary N) is 2. The van der Waals surface area contributed by atoms with Gasteiger partial charge in [-0.1, -0.05) is 36.4 Å². The number of amides is 2. The first kappa shape index (κ1) is 30.0. The fourth-order valence-electron chi connectivity index (χ4n) is 5.28. The number of methoxy groups -OCH3 is 1. The maximum absolute atomic E-state index is 13.3. The zero-order valence-electron chi connectivity index (χ0n) is 25.0. The van der Waals surface area contributed by atoms with Gasteiger partial charge in [0.05, 0.1) is 36.2 Å². The Morgan fingerprint density at radius 3 is 2.42 bits per heavy atom. The van der Waals surface area contributed by atoms with E-state index >= 15 is 0 Å². The van der Waals surface area contributed by atoms with Crippen molar-refractivity contribution in [2.24, 2.45) is 0 Å². The minimum Gasteiger partial charge on any atom is -0.465 e. The Labute approximate surface area is 251 Å². The number of fused-ring (bicyclic) bond motifs is 1. The molecule has 0 bridgehead atoms. The van der Waals surface area contributed by atoms with Crippen molar-refractivity contribution in [3.63, 3.8) is 0 Å². The van der Waals surface area contributed by atoms with Crippen molar-refractivity contribution in [1.29, 1.82) is 0 Å². The molecule has 0 spiro atoms. The lowest BCUT2D eigenvalue weighted by Gasteiger charge is -2.32. The predicted molar refractivity (Wildman–Crippen MR) is 166 cm³/mol. The number of ether oxygens (including phenoxy) is 1. The molecule has 2 heterocycles. The maximum atomic E-state index is 13.3. The monoisotopic (exact) mass is 583 g/mol. The molecule has 10 nitrogen and oxygen atoms in total. The predicted octanol–water partition coefficient (Wildman–Crippen LogP) is 3.97. The van der Waals surface area contributed by atoms with Gasteiger partial charge in [-0.3, -0.25) is 19.3 Å². The van der Waals surface area contributed by atoms with E-state index in [1.807, 2.05) is 49.4 Å². The quantitative estimate of drug-likeness (QED) is 0.222. The molecule has 0 radical (unpaired) electrons. The third-order valence-corrected chi connectivity index (χ3v) is 7.80. The highest BCUT2D eigenvalue weighted by molar-refractivity contribution is 6.37. The van der Waals surface area contributed by atoms with Gasteiger partial charge >= 0.3 is 5.97 Å². The molecule has 3 aromatic rings. The maximum Gasteiger partial charge on any atom is 0.337 e. The first-order valence-electron chi connectivity index (χ1n) is 14.3. The fourth-order valence-corrected chi connectivity index (χ4v) is 5.28. The van der Waals surface area contributed by atoms with Crippen LogP contribution in [0.5, 0.6) is 0 Å². The van der Waals surface area contributed by atoms with E-state index < -0.39 is 5.97 Å². The lowest BCUT2D eigenvalue weighted by Crippen LogP contribution is -2.46. The molecule has 2 N–H and O–H groups in total. The molecule has 0 unspecified atom stereocenters. The highest BCUT2D eigenvalue weighted by atomic mass is 16.7. The van der Waals surface area contributed by atoms with Crippen molar-refractivity contribution in [2.75, 3.05) is 71.2 Å². The molecule has 3 aromatic carbocycles. The van der Waals surface area contributed by atoms with Gasteiger partial charge in [0.25, 0.3) is 11.8 Å². The van der Waals surface area contributed by atoms with E-state index in [1.165, 1.54) is 12.2 Å². The van der Waals surface area contributed by atoms with Gasteiger partial charge in [-0.05, 0) is 55.4 Å². The number of hydrogen-bond acceptors (Lipinski definition) is 8. The summed E-state index contributed by atoms with van der Waals surface area (Å²) >= 11 is 0. The summed E-state index contributed by atoms with van der Waals surface area (Å²) in [5.41, 5.74) is 5.42. The largest absolute Gasteiger partial charge is 0.465 e. The number of carbonyl (C=O) groups is 3. The molecule has 5 rings (SSSR count). The van der Waals surface area contributed by atoms with Gasteiger partial charge in [0.1, 0.15) is 0 Å². The average molecular weight is 584 g/mol. The van der Waals surface area contributed by atoms with Gasteiger partial charge in [0.15, 0.2) is 0 Å². The van der Waals surface area contributed by atoms with E-state index in [4.69, 9.17) is 9.57 Å². The van der Waals surface area contributed by atoms with Crippen LogP contribution in [-0.4, -0.2) is 93.2 Å². The summed E-state index contributed by atoms with van der Waals surface area (Å²) in [5.74, 6) is -0.996. The van der Waals surface area contributed by atoms with Crippen LogP contribution in [0.15, 0.2) is 66.7 Å². The molecule has 224 valence electrons. The Morgan fingerprint density at radius 2 is 1.72 bits per heavy atom. The Bertz CT molecular complexity index is 1550. The van der Waals surface area contributed by atoms with Crippen LogP contribution in [0.1, 0.15) is 37.4 Å². The van der Waals surface area contributed by atoms with Crippen LogP contribution in [0.25, 0.3) is 11.3 Å². The second kappa shape index (κ2) is 13.2. The Kier molecular flexibility index (Phi) is 9.20. The molecule has 0 saturated carbocycles. The number of likely N-dealkylation sites (N-methyl/N-ethyl adjacent to an activating group) is 1. The molecular formula is C33H37N5O5. The van der Waals surface area contributed by atoms with E-state index in [0.717, 1.165) is 43.9 Å². The number of benzene rings is 3. The molecule has 0 aromatic heterocycles. The number of rotatable bonds is 9. The van der Waals surface area contributed by atoms with E-state index in [0.29, 0.717) is 45.9 Å². The number of anilines is 2. The minimum absolute atomic E-state index is 0.227. The molecule has 43 heavy (non-hydrogen) atoms. The molecule has 10 heteroatoms. The SMILES string of the molecule is COC(=O)c1ccc2c(c1)NC(=O)/C2=C(\Nc1ccc(C(=O)N(C)OCCN2CCN(C)CC2)c(C)c1)c1ccccc1. The second-order valence-corrected chi connectivity index (χ2v) is 10.8.